The first-order chi connectivity index (χ1) is 17.8. The van der Waals surface area contributed by atoms with Crippen molar-refractivity contribution in [3.05, 3.63) is 83.0 Å². The lowest BCUT2D eigenvalue weighted by Gasteiger charge is -2.15. The van der Waals surface area contributed by atoms with Crippen molar-refractivity contribution in [3.63, 3.8) is 0 Å². The number of benzene rings is 2. The van der Waals surface area contributed by atoms with Gasteiger partial charge in [-0.15, -0.1) is 0 Å². The summed E-state index contributed by atoms with van der Waals surface area (Å²) in [5.74, 6) is -1.41. The number of nitriles is 1. The number of carbonyl (C=O) groups is 4. The van der Waals surface area contributed by atoms with Crippen LogP contribution < -0.4 is 9.64 Å². The van der Waals surface area contributed by atoms with E-state index in [1.54, 1.807) is 43.3 Å². The minimum absolute atomic E-state index is 0.0415. The normalized spacial score (nSPS) is 14.8. The number of thioether (sulfide) groups is 1. The number of nitrogens with zero attached hydrogens (tertiary/aromatic N) is 3. The van der Waals surface area contributed by atoms with Crippen LogP contribution in [-0.2, 0) is 14.3 Å². The highest BCUT2D eigenvalue weighted by molar-refractivity contribution is 8.00. The number of Topliss-reactive ketones (excluding diaryl/α,β-unsaturated/α-hetero) is 1. The number of ether oxygens (including phenoxy) is 2. The Labute approximate surface area is 217 Å². The quantitative estimate of drug-likeness (QED) is 0.250. The Morgan fingerprint density at radius 1 is 1.11 bits per heavy atom. The molecule has 0 radical (unpaired) electrons. The number of carbonyl (C=O) groups excluding carboxylic acids is 4. The standard InChI is InChI=1S/C27H21N3O6S/c1-16-6-7-19(14-28)25(29-16)37-23-13-24(32)30(26(23)33)20-10-8-17(9-11-20)27(34)36-15-22(31)18-4-3-5-21(12-18)35-2/h3-12,23H,13,15H2,1-2H3. The van der Waals surface area contributed by atoms with Crippen LogP contribution in [0.5, 0.6) is 5.75 Å². The molecule has 1 aliphatic heterocycles. The molecule has 1 aliphatic rings. The zero-order valence-electron chi connectivity index (χ0n) is 20.0. The zero-order chi connectivity index (χ0) is 26.5. The van der Waals surface area contributed by atoms with Gasteiger partial charge in [0, 0.05) is 17.7 Å². The summed E-state index contributed by atoms with van der Waals surface area (Å²) < 4.78 is 10.2. The molecule has 186 valence electrons. The fourth-order valence-corrected chi connectivity index (χ4v) is 4.79. The predicted molar refractivity (Wildman–Crippen MR) is 134 cm³/mol. The average Bonchev–Trinajstić information content (AvgIpc) is 3.19. The number of pyridine rings is 1. The molecule has 0 aliphatic carbocycles. The molecule has 1 fully saturated rings. The van der Waals surface area contributed by atoms with Gasteiger partial charge in [0.25, 0.3) is 0 Å². The van der Waals surface area contributed by atoms with E-state index in [9.17, 15) is 24.4 Å². The fraction of sp³-hybridized carbons (Fsp3) is 0.185. The smallest absolute Gasteiger partial charge is 0.338 e. The minimum atomic E-state index is -0.721. The molecule has 10 heteroatoms. The first-order valence-corrected chi connectivity index (χ1v) is 12.0. The van der Waals surface area contributed by atoms with Gasteiger partial charge in [0.05, 0.1) is 29.2 Å². The summed E-state index contributed by atoms with van der Waals surface area (Å²) in [4.78, 5) is 55.8. The van der Waals surface area contributed by atoms with Crippen molar-refractivity contribution in [3.8, 4) is 11.8 Å². The molecule has 0 spiro atoms. The molecular formula is C27H21N3O6S. The monoisotopic (exact) mass is 515 g/mol. The van der Waals surface area contributed by atoms with Crippen LogP contribution in [0, 0.1) is 18.3 Å². The van der Waals surface area contributed by atoms with Crippen LogP contribution >= 0.6 is 11.8 Å². The summed E-state index contributed by atoms with van der Waals surface area (Å²) in [5, 5.41) is 9.00. The number of methoxy groups -OCH3 is 1. The topological polar surface area (TPSA) is 127 Å². The Bertz CT molecular complexity index is 1430. The van der Waals surface area contributed by atoms with Crippen LogP contribution in [0.25, 0.3) is 0 Å². The van der Waals surface area contributed by atoms with Gasteiger partial charge < -0.3 is 9.47 Å². The molecule has 2 aromatic carbocycles. The second-order valence-corrected chi connectivity index (χ2v) is 9.26. The van der Waals surface area contributed by atoms with Crippen LogP contribution in [0.1, 0.15) is 38.4 Å². The molecule has 2 heterocycles. The molecule has 4 rings (SSSR count). The van der Waals surface area contributed by atoms with E-state index in [0.29, 0.717) is 33.3 Å². The van der Waals surface area contributed by atoms with Crippen LogP contribution in [-0.4, -0.2) is 47.5 Å². The first kappa shape index (κ1) is 25.6. The van der Waals surface area contributed by atoms with Gasteiger partial charge in [-0.25, -0.2) is 14.7 Å². The third kappa shape index (κ3) is 5.68. The molecule has 37 heavy (non-hydrogen) atoms. The largest absolute Gasteiger partial charge is 0.497 e. The molecule has 9 nitrogen and oxygen atoms in total. The number of esters is 1. The van der Waals surface area contributed by atoms with Gasteiger partial charge >= 0.3 is 5.97 Å². The maximum absolute atomic E-state index is 13.0. The van der Waals surface area contributed by atoms with E-state index in [2.05, 4.69) is 11.1 Å². The second kappa shape index (κ2) is 11.1. The van der Waals surface area contributed by atoms with Crippen molar-refractivity contribution in [2.75, 3.05) is 18.6 Å². The van der Waals surface area contributed by atoms with E-state index in [4.69, 9.17) is 9.47 Å². The Kier molecular flexibility index (Phi) is 7.65. The summed E-state index contributed by atoms with van der Waals surface area (Å²) in [6, 6.07) is 17.7. The number of aromatic nitrogens is 1. The summed E-state index contributed by atoms with van der Waals surface area (Å²) >= 11 is 1.09. The zero-order valence-corrected chi connectivity index (χ0v) is 20.8. The number of ketones is 1. The molecule has 1 unspecified atom stereocenters. The van der Waals surface area contributed by atoms with Crippen molar-refractivity contribution >= 4 is 41.0 Å². The Morgan fingerprint density at radius 2 is 1.86 bits per heavy atom. The number of amides is 2. The highest BCUT2D eigenvalue weighted by atomic mass is 32.2. The van der Waals surface area contributed by atoms with E-state index in [-0.39, 0.29) is 17.8 Å². The molecule has 1 saturated heterocycles. The van der Waals surface area contributed by atoms with Crippen molar-refractivity contribution in [2.45, 2.75) is 23.6 Å². The Morgan fingerprint density at radius 3 is 2.57 bits per heavy atom. The number of hydrogen-bond acceptors (Lipinski definition) is 9. The molecule has 0 saturated carbocycles. The number of anilines is 1. The summed E-state index contributed by atoms with van der Waals surface area (Å²) in [6.07, 6.45) is -0.0415. The van der Waals surface area contributed by atoms with E-state index < -0.39 is 29.6 Å². The van der Waals surface area contributed by atoms with Gasteiger partial charge in [-0.05, 0) is 55.5 Å². The van der Waals surface area contributed by atoms with Crippen LogP contribution in [0.15, 0.2) is 65.7 Å². The summed E-state index contributed by atoms with van der Waals surface area (Å²) in [5.41, 5.74) is 1.85. The maximum atomic E-state index is 13.0. The van der Waals surface area contributed by atoms with Gasteiger partial charge in [-0.1, -0.05) is 23.9 Å². The highest BCUT2D eigenvalue weighted by Gasteiger charge is 2.40. The van der Waals surface area contributed by atoms with Crippen molar-refractivity contribution in [1.82, 2.24) is 4.98 Å². The number of aryl methyl sites for hydroxylation is 1. The molecule has 0 bridgehead atoms. The number of imide groups is 1. The first-order valence-electron chi connectivity index (χ1n) is 11.2. The lowest BCUT2D eigenvalue weighted by atomic mass is 10.1. The molecule has 2 amide bonds. The van der Waals surface area contributed by atoms with Crippen molar-refractivity contribution in [1.29, 1.82) is 5.26 Å². The molecule has 1 atom stereocenters. The van der Waals surface area contributed by atoms with E-state index in [0.717, 1.165) is 16.7 Å². The van der Waals surface area contributed by atoms with Gasteiger partial charge in [-0.2, -0.15) is 5.26 Å². The molecule has 0 N–H and O–H groups in total. The number of hydrogen-bond donors (Lipinski definition) is 0. The lowest BCUT2D eigenvalue weighted by Crippen LogP contribution is -2.31. The van der Waals surface area contributed by atoms with Gasteiger partial charge in [-0.3, -0.25) is 14.4 Å². The lowest BCUT2D eigenvalue weighted by molar-refractivity contribution is -0.121. The van der Waals surface area contributed by atoms with Crippen molar-refractivity contribution < 1.29 is 28.7 Å². The molecule has 1 aromatic heterocycles. The maximum Gasteiger partial charge on any atom is 0.338 e. The minimum Gasteiger partial charge on any atom is -0.497 e. The number of rotatable bonds is 8. The highest BCUT2D eigenvalue weighted by Crippen LogP contribution is 2.34. The van der Waals surface area contributed by atoms with Crippen molar-refractivity contribution in [2.24, 2.45) is 0 Å². The van der Waals surface area contributed by atoms with E-state index in [1.807, 2.05) is 0 Å². The summed E-state index contributed by atoms with van der Waals surface area (Å²) in [6.45, 7) is 1.33. The third-order valence-corrected chi connectivity index (χ3v) is 6.75. The van der Waals surface area contributed by atoms with E-state index in [1.165, 1.54) is 31.4 Å². The molecule has 3 aromatic rings. The van der Waals surface area contributed by atoms with Crippen LogP contribution in [0.3, 0.4) is 0 Å². The Balaban J connectivity index is 1.40. The van der Waals surface area contributed by atoms with Crippen LogP contribution in [0.2, 0.25) is 0 Å². The fourth-order valence-electron chi connectivity index (χ4n) is 3.65. The molecular weight excluding hydrogens is 494 g/mol. The van der Waals surface area contributed by atoms with Gasteiger partial charge in [0.2, 0.25) is 11.8 Å². The summed E-state index contributed by atoms with van der Waals surface area (Å²) in [7, 11) is 1.49. The van der Waals surface area contributed by atoms with Gasteiger partial charge in [0.15, 0.2) is 12.4 Å². The Hall–Kier alpha value is -4.49. The predicted octanol–water partition coefficient (Wildman–Crippen LogP) is 3.73. The second-order valence-electron chi connectivity index (χ2n) is 8.07. The average molecular weight is 516 g/mol. The SMILES string of the molecule is COc1cccc(C(=O)COC(=O)c2ccc(N3C(=O)CC(Sc4nc(C)ccc4C#N)C3=O)cc2)c1. The van der Waals surface area contributed by atoms with Gasteiger partial charge in [0.1, 0.15) is 16.8 Å². The third-order valence-electron chi connectivity index (χ3n) is 5.57. The van der Waals surface area contributed by atoms with E-state index >= 15 is 0 Å². The van der Waals surface area contributed by atoms with Crippen LogP contribution in [0.4, 0.5) is 5.69 Å².